The van der Waals surface area contributed by atoms with Crippen molar-refractivity contribution in [3.8, 4) is 0 Å². The molecule has 0 radical (unpaired) electrons. The summed E-state index contributed by atoms with van der Waals surface area (Å²) in [5.41, 5.74) is 0.950. The monoisotopic (exact) mass is 330 g/mol. The quantitative estimate of drug-likeness (QED) is 0.937. The Morgan fingerprint density at radius 3 is 2.62 bits per heavy atom. The molecule has 24 heavy (non-hydrogen) atoms. The van der Waals surface area contributed by atoms with E-state index in [0.29, 0.717) is 19.0 Å². The lowest BCUT2D eigenvalue weighted by Gasteiger charge is -2.16. The summed E-state index contributed by atoms with van der Waals surface area (Å²) >= 11 is 0. The van der Waals surface area contributed by atoms with Crippen LogP contribution in [-0.2, 0) is 9.59 Å². The van der Waals surface area contributed by atoms with Crippen LogP contribution in [-0.4, -0.2) is 29.8 Å². The van der Waals surface area contributed by atoms with Gasteiger partial charge in [0.2, 0.25) is 11.8 Å². The molecule has 1 aliphatic rings. The number of hydrogen-bond acceptors (Lipinski definition) is 2. The summed E-state index contributed by atoms with van der Waals surface area (Å²) in [5.74, 6) is -2.14. The largest absolute Gasteiger partial charge is 0.333 e. The van der Waals surface area contributed by atoms with Gasteiger partial charge in [0.15, 0.2) is 0 Å². The van der Waals surface area contributed by atoms with Crippen LogP contribution in [0.1, 0.15) is 17.9 Å². The minimum absolute atomic E-state index is 0.0501. The number of amides is 2. The third-order valence-corrected chi connectivity index (χ3v) is 4.03. The van der Waals surface area contributed by atoms with Crippen molar-refractivity contribution in [2.75, 3.05) is 18.4 Å². The number of benzene rings is 2. The van der Waals surface area contributed by atoms with Crippen LogP contribution >= 0.6 is 0 Å². The van der Waals surface area contributed by atoms with Gasteiger partial charge in [-0.2, -0.15) is 0 Å². The zero-order chi connectivity index (χ0) is 17.1. The molecule has 0 unspecified atom stereocenters. The molecule has 0 saturated carbocycles. The standard InChI is InChI=1S/C18H16F2N2O2/c19-14-6-7-16(15(20)9-14)21-17(23)11-22-10-13(8-18(22)24)12-4-2-1-3-5-12/h1-7,9,13H,8,10-11H2,(H,21,23)/t13-/m1/s1. The van der Waals surface area contributed by atoms with Gasteiger partial charge >= 0.3 is 0 Å². The Labute approximate surface area is 138 Å². The first kappa shape index (κ1) is 16.1. The van der Waals surface area contributed by atoms with E-state index in [9.17, 15) is 18.4 Å². The van der Waals surface area contributed by atoms with Gasteiger partial charge in [0, 0.05) is 24.9 Å². The molecule has 4 nitrogen and oxygen atoms in total. The Morgan fingerprint density at radius 1 is 1.17 bits per heavy atom. The predicted octanol–water partition coefficient (Wildman–Crippen LogP) is 2.92. The van der Waals surface area contributed by atoms with Crippen LogP contribution < -0.4 is 5.32 Å². The molecule has 0 aromatic heterocycles. The van der Waals surface area contributed by atoms with Gasteiger partial charge in [0.05, 0.1) is 12.2 Å². The maximum absolute atomic E-state index is 13.5. The summed E-state index contributed by atoms with van der Waals surface area (Å²) in [6.07, 6.45) is 0.349. The van der Waals surface area contributed by atoms with Gasteiger partial charge in [-0.05, 0) is 17.7 Å². The molecule has 6 heteroatoms. The number of hydrogen-bond donors (Lipinski definition) is 1. The van der Waals surface area contributed by atoms with Crippen LogP contribution in [0.15, 0.2) is 48.5 Å². The molecule has 1 atom stereocenters. The van der Waals surface area contributed by atoms with Gasteiger partial charge in [0.1, 0.15) is 11.6 Å². The molecule has 3 rings (SSSR count). The minimum atomic E-state index is -0.849. The van der Waals surface area contributed by atoms with E-state index in [1.807, 2.05) is 30.3 Å². The number of rotatable bonds is 4. The average Bonchev–Trinajstić information content (AvgIpc) is 2.92. The Morgan fingerprint density at radius 2 is 1.92 bits per heavy atom. The van der Waals surface area contributed by atoms with Crippen LogP contribution in [0, 0.1) is 11.6 Å². The van der Waals surface area contributed by atoms with Crippen molar-refractivity contribution in [1.82, 2.24) is 4.90 Å². The van der Waals surface area contributed by atoms with Gasteiger partial charge < -0.3 is 10.2 Å². The zero-order valence-corrected chi connectivity index (χ0v) is 12.8. The number of nitrogens with one attached hydrogen (secondary N) is 1. The van der Waals surface area contributed by atoms with E-state index in [-0.39, 0.29) is 24.1 Å². The zero-order valence-electron chi connectivity index (χ0n) is 12.8. The fourth-order valence-corrected chi connectivity index (χ4v) is 2.83. The molecule has 1 saturated heterocycles. The van der Waals surface area contributed by atoms with E-state index in [0.717, 1.165) is 17.7 Å². The maximum atomic E-state index is 13.5. The molecule has 1 heterocycles. The fourth-order valence-electron chi connectivity index (χ4n) is 2.83. The van der Waals surface area contributed by atoms with Crippen LogP contribution in [0.2, 0.25) is 0 Å². The molecule has 0 aliphatic carbocycles. The second-order valence-corrected chi connectivity index (χ2v) is 5.76. The summed E-state index contributed by atoms with van der Waals surface area (Å²) in [5, 5.41) is 2.36. The van der Waals surface area contributed by atoms with E-state index in [4.69, 9.17) is 0 Å². The summed E-state index contributed by atoms with van der Waals surface area (Å²) in [6, 6.07) is 12.5. The Hall–Kier alpha value is -2.76. The molecule has 1 N–H and O–H groups in total. The van der Waals surface area contributed by atoms with E-state index < -0.39 is 17.5 Å². The number of carbonyl (C=O) groups excluding carboxylic acids is 2. The van der Waals surface area contributed by atoms with Crippen molar-refractivity contribution in [2.45, 2.75) is 12.3 Å². The molecule has 0 bridgehead atoms. The van der Waals surface area contributed by atoms with Crippen molar-refractivity contribution < 1.29 is 18.4 Å². The lowest BCUT2D eigenvalue weighted by Crippen LogP contribution is -2.34. The lowest BCUT2D eigenvalue weighted by atomic mass is 9.99. The second-order valence-electron chi connectivity index (χ2n) is 5.76. The molecular formula is C18H16F2N2O2. The van der Waals surface area contributed by atoms with Crippen molar-refractivity contribution >= 4 is 17.5 Å². The fraction of sp³-hybridized carbons (Fsp3) is 0.222. The van der Waals surface area contributed by atoms with E-state index in [2.05, 4.69) is 5.32 Å². The number of likely N-dealkylation sites (tertiary alicyclic amines) is 1. The third kappa shape index (κ3) is 3.59. The topological polar surface area (TPSA) is 49.4 Å². The number of anilines is 1. The van der Waals surface area contributed by atoms with Crippen molar-refractivity contribution in [3.05, 3.63) is 65.7 Å². The summed E-state index contributed by atoms with van der Waals surface area (Å²) in [4.78, 5) is 25.6. The highest BCUT2D eigenvalue weighted by Crippen LogP contribution is 2.27. The summed E-state index contributed by atoms with van der Waals surface area (Å²) in [6.45, 7) is 0.293. The minimum Gasteiger partial charge on any atom is -0.333 e. The average molecular weight is 330 g/mol. The van der Waals surface area contributed by atoms with Crippen LogP contribution in [0.25, 0.3) is 0 Å². The molecule has 1 fully saturated rings. The van der Waals surface area contributed by atoms with E-state index >= 15 is 0 Å². The highest BCUT2D eigenvalue weighted by atomic mass is 19.1. The van der Waals surface area contributed by atoms with Crippen LogP contribution in [0.4, 0.5) is 14.5 Å². The molecule has 1 aliphatic heterocycles. The van der Waals surface area contributed by atoms with Crippen LogP contribution in [0.5, 0.6) is 0 Å². The van der Waals surface area contributed by atoms with Gasteiger partial charge in [-0.3, -0.25) is 9.59 Å². The molecule has 2 aromatic carbocycles. The first-order chi connectivity index (χ1) is 11.5. The molecule has 124 valence electrons. The maximum Gasteiger partial charge on any atom is 0.244 e. The van der Waals surface area contributed by atoms with Crippen molar-refractivity contribution in [3.63, 3.8) is 0 Å². The highest BCUT2D eigenvalue weighted by Gasteiger charge is 2.31. The Balaban J connectivity index is 1.61. The first-order valence-corrected chi connectivity index (χ1v) is 7.60. The number of nitrogens with zero attached hydrogens (tertiary/aromatic N) is 1. The van der Waals surface area contributed by atoms with Gasteiger partial charge in [0.25, 0.3) is 0 Å². The van der Waals surface area contributed by atoms with Crippen LogP contribution in [0.3, 0.4) is 0 Å². The predicted molar refractivity (Wildman–Crippen MR) is 85.4 cm³/mol. The molecular weight excluding hydrogens is 314 g/mol. The third-order valence-electron chi connectivity index (χ3n) is 4.03. The second kappa shape index (κ2) is 6.78. The van der Waals surface area contributed by atoms with Gasteiger partial charge in [-0.15, -0.1) is 0 Å². The van der Waals surface area contributed by atoms with E-state index in [1.165, 1.54) is 4.90 Å². The highest BCUT2D eigenvalue weighted by molar-refractivity contribution is 5.95. The first-order valence-electron chi connectivity index (χ1n) is 7.60. The molecule has 2 amide bonds. The van der Waals surface area contributed by atoms with Gasteiger partial charge in [-0.1, -0.05) is 30.3 Å². The van der Waals surface area contributed by atoms with Gasteiger partial charge in [-0.25, -0.2) is 8.78 Å². The Bertz CT molecular complexity index is 765. The molecule has 0 spiro atoms. The van der Waals surface area contributed by atoms with Crippen molar-refractivity contribution in [2.24, 2.45) is 0 Å². The summed E-state index contributed by atoms with van der Waals surface area (Å²) < 4.78 is 26.4. The summed E-state index contributed by atoms with van der Waals surface area (Å²) in [7, 11) is 0. The van der Waals surface area contributed by atoms with E-state index in [1.54, 1.807) is 0 Å². The Kier molecular flexibility index (Phi) is 4.55. The molecule has 2 aromatic rings. The SMILES string of the molecule is O=C(CN1C[C@H](c2ccccc2)CC1=O)Nc1ccc(F)cc1F. The lowest BCUT2D eigenvalue weighted by molar-refractivity contribution is -0.131. The number of halogens is 2. The normalized spacial score (nSPS) is 17.2. The van der Waals surface area contributed by atoms with Crippen molar-refractivity contribution in [1.29, 1.82) is 0 Å². The number of carbonyl (C=O) groups is 2. The smallest absolute Gasteiger partial charge is 0.244 e.